The van der Waals surface area contributed by atoms with Crippen LogP contribution in [0.4, 0.5) is 5.95 Å². The standard InChI is InChI=1S/C11H15ClN6OS/c1-11(19,7-20-2)6-13-9-15-8(12)16-10(17-9)18-5-3-4-14-18/h3-5,19H,6-7H2,1-2H3,(H,13,15,16,17). The van der Waals surface area contributed by atoms with Gasteiger partial charge in [0.05, 0.1) is 5.60 Å². The maximum absolute atomic E-state index is 10.1. The number of aliphatic hydroxyl groups is 1. The summed E-state index contributed by atoms with van der Waals surface area (Å²) in [5.74, 6) is 1.23. The van der Waals surface area contributed by atoms with Crippen LogP contribution in [0.25, 0.3) is 5.95 Å². The summed E-state index contributed by atoms with van der Waals surface area (Å²) in [5, 5.41) is 17.2. The third-order valence-corrected chi connectivity index (χ3v) is 3.47. The predicted octanol–water partition coefficient (Wildman–Crippen LogP) is 1.24. The highest BCUT2D eigenvalue weighted by atomic mass is 35.5. The molecule has 0 fully saturated rings. The number of rotatable bonds is 6. The SMILES string of the molecule is CSCC(C)(O)CNc1nc(Cl)nc(-n2cccn2)n1. The zero-order valence-corrected chi connectivity index (χ0v) is 12.7. The van der Waals surface area contributed by atoms with Gasteiger partial charge in [0.1, 0.15) is 0 Å². The molecule has 2 rings (SSSR count). The maximum atomic E-state index is 10.1. The lowest BCUT2D eigenvalue weighted by molar-refractivity contribution is 0.0995. The summed E-state index contributed by atoms with van der Waals surface area (Å²) in [6.07, 6.45) is 5.26. The van der Waals surface area contributed by atoms with Crippen LogP contribution >= 0.6 is 23.4 Å². The van der Waals surface area contributed by atoms with Crippen molar-refractivity contribution in [2.24, 2.45) is 0 Å². The van der Waals surface area contributed by atoms with Gasteiger partial charge in [-0.05, 0) is 30.8 Å². The van der Waals surface area contributed by atoms with Crippen molar-refractivity contribution < 1.29 is 5.11 Å². The van der Waals surface area contributed by atoms with E-state index in [9.17, 15) is 5.11 Å². The highest BCUT2D eigenvalue weighted by molar-refractivity contribution is 7.98. The number of hydrogen-bond donors (Lipinski definition) is 2. The molecule has 0 aliphatic carbocycles. The fraction of sp³-hybridized carbons (Fsp3) is 0.455. The van der Waals surface area contributed by atoms with Gasteiger partial charge in [0.2, 0.25) is 11.2 Å². The summed E-state index contributed by atoms with van der Waals surface area (Å²) in [4.78, 5) is 12.2. The molecule has 0 radical (unpaired) electrons. The van der Waals surface area contributed by atoms with E-state index >= 15 is 0 Å². The Morgan fingerprint density at radius 3 is 2.90 bits per heavy atom. The summed E-state index contributed by atoms with van der Waals surface area (Å²) < 4.78 is 1.48. The lowest BCUT2D eigenvalue weighted by atomic mass is 10.1. The Morgan fingerprint density at radius 2 is 2.25 bits per heavy atom. The molecule has 2 N–H and O–H groups in total. The smallest absolute Gasteiger partial charge is 0.256 e. The van der Waals surface area contributed by atoms with Crippen LogP contribution in [0.15, 0.2) is 18.5 Å². The van der Waals surface area contributed by atoms with Crippen molar-refractivity contribution in [1.82, 2.24) is 24.7 Å². The molecule has 9 heteroatoms. The Labute approximate surface area is 125 Å². The number of nitrogens with zero attached hydrogens (tertiary/aromatic N) is 5. The number of hydrogen-bond acceptors (Lipinski definition) is 7. The monoisotopic (exact) mass is 314 g/mol. The number of thioether (sulfide) groups is 1. The van der Waals surface area contributed by atoms with Crippen molar-refractivity contribution in [3.63, 3.8) is 0 Å². The second-order valence-corrected chi connectivity index (χ2v) is 5.67. The molecule has 0 saturated carbocycles. The first-order chi connectivity index (χ1) is 9.50. The number of halogens is 1. The van der Waals surface area contributed by atoms with Crippen LogP contribution < -0.4 is 5.32 Å². The number of aromatic nitrogens is 5. The predicted molar refractivity (Wildman–Crippen MR) is 79.5 cm³/mol. The number of nitrogens with one attached hydrogen (secondary N) is 1. The quantitative estimate of drug-likeness (QED) is 0.829. The minimum Gasteiger partial charge on any atom is -0.387 e. The summed E-state index contributed by atoms with van der Waals surface area (Å²) in [5.41, 5.74) is -0.857. The fourth-order valence-electron chi connectivity index (χ4n) is 1.54. The summed E-state index contributed by atoms with van der Waals surface area (Å²) in [7, 11) is 0. The van der Waals surface area contributed by atoms with E-state index in [1.807, 2.05) is 6.26 Å². The van der Waals surface area contributed by atoms with Crippen LogP contribution in [-0.4, -0.2) is 54.0 Å². The molecule has 0 amide bonds. The molecule has 0 aliphatic heterocycles. The average molecular weight is 315 g/mol. The van der Waals surface area contributed by atoms with Gasteiger partial charge in [0.15, 0.2) is 0 Å². The van der Waals surface area contributed by atoms with E-state index in [1.54, 1.807) is 37.1 Å². The first-order valence-electron chi connectivity index (χ1n) is 5.87. The van der Waals surface area contributed by atoms with Crippen molar-refractivity contribution in [3.05, 3.63) is 23.7 Å². The third kappa shape index (κ3) is 4.06. The first kappa shape index (κ1) is 15.0. The topological polar surface area (TPSA) is 88.8 Å². The molecule has 7 nitrogen and oxygen atoms in total. The number of anilines is 1. The largest absolute Gasteiger partial charge is 0.387 e. The van der Waals surface area contributed by atoms with Crippen LogP contribution in [0.3, 0.4) is 0 Å². The second kappa shape index (κ2) is 6.38. The van der Waals surface area contributed by atoms with Gasteiger partial charge in [0, 0.05) is 24.7 Å². The molecular formula is C11H15ClN6OS. The van der Waals surface area contributed by atoms with Gasteiger partial charge in [0.25, 0.3) is 5.95 Å². The van der Waals surface area contributed by atoms with Gasteiger partial charge in [-0.1, -0.05) is 0 Å². The molecule has 0 aliphatic rings. The van der Waals surface area contributed by atoms with Crippen LogP contribution in [0.2, 0.25) is 5.28 Å². The molecular weight excluding hydrogens is 300 g/mol. The minimum atomic E-state index is -0.857. The normalized spacial score (nSPS) is 14.0. The second-order valence-electron chi connectivity index (χ2n) is 4.46. The lowest BCUT2D eigenvalue weighted by Crippen LogP contribution is -2.36. The highest BCUT2D eigenvalue weighted by Crippen LogP contribution is 2.13. The van der Waals surface area contributed by atoms with E-state index in [4.69, 9.17) is 11.6 Å². The molecule has 2 heterocycles. The van der Waals surface area contributed by atoms with Gasteiger partial charge < -0.3 is 10.4 Å². The Kier molecular flexibility index (Phi) is 4.79. The molecule has 2 aromatic rings. The zero-order chi connectivity index (χ0) is 14.6. The summed E-state index contributed by atoms with van der Waals surface area (Å²) in [6.45, 7) is 2.06. The van der Waals surface area contributed by atoms with E-state index in [0.29, 0.717) is 24.2 Å². The first-order valence-corrected chi connectivity index (χ1v) is 7.64. The van der Waals surface area contributed by atoms with Crippen LogP contribution in [0, 0.1) is 0 Å². The summed E-state index contributed by atoms with van der Waals surface area (Å²) >= 11 is 7.43. The molecule has 20 heavy (non-hydrogen) atoms. The van der Waals surface area contributed by atoms with Crippen LogP contribution in [0.1, 0.15) is 6.92 Å². The Balaban J connectivity index is 2.13. The molecule has 0 aromatic carbocycles. The Bertz CT molecular complexity index is 562. The van der Waals surface area contributed by atoms with Crippen LogP contribution in [-0.2, 0) is 0 Å². The molecule has 1 atom stereocenters. The van der Waals surface area contributed by atoms with Gasteiger partial charge >= 0.3 is 0 Å². The Morgan fingerprint density at radius 1 is 1.45 bits per heavy atom. The molecule has 0 bridgehead atoms. The third-order valence-electron chi connectivity index (χ3n) is 2.39. The van der Waals surface area contributed by atoms with Crippen molar-refractivity contribution in [1.29, 1.82) is 0 Å². The summed E-state index contributed by atoms with van der Waals surface area (Å²) in [6, 6.07) is 1.76. The van der Waals surface area contributed by atoms with Crippen molar-refractivity contribution >= 4 is 29.3 Å². The van der Waals surface area contributed by atoms with Crippen LogP contribution in [0.5, 0.6) is 0 Å². The molecule has 1 unspecified atom stereocenters. The van der Waals surface area contributed by atoms with Gasteiger partial charge in [-0.25, -0.2) is 4.68 Å². The van der Waals surface area contributed by atoms with E-state index < -0.39 is 5.60 Å². The molecule has 0 saturated heterocycles. The van der Waals surface area contributed by atoms with Gasteiger partial charge in [-0.15, -0.1) is 0 Å². The van der Waals surface area contributed by atoms with E-state index in [1.165, 1.54) is 4.68 Å². The fourth-order valence-corrected chi connectivity index (χ4v) is 2.42. The zero-order valence-electron chi connectivity index (χ0n) is 11.1. The highest BCUT2D eigenvalue weighted by Gasteiger charge is 2.20. The van der Waals surface area contributed by atoms with Crippen molar-refractivity contribution in [3.8, 4) is 5.95 Å². The maximum Gasteiger partial charge on any atom is 0.256 e. The molecule has 108 valence electrons. The lowest BCUT2D eigenvalue weighted by Gasteiger charge is -2.22. The molecule has 2 aromatic heterocycles. The van der Waals surface area contributed by atoms with Crippen molar-refractivity contribution in [2.75, 3.05) is 23.9 Å². The van der Waals surface area contributed by atoms with Gasteiger partial charge in [-0.3, -0.25) is 0 Å². The van der Waals surface area contributed by atoms with Gasteiger partial charge in [-0.2, -0.15) is 31.8 Å². The average Bonchev–Trinajstić information content (AvgIpc) is 2.90. The van der Waals surface area contributed by atoms with E-state index in [0.717, 1.165) is 0 Å². The van der Waals surface area contributed by atoms with E-state index in [2.05, 4.69) is 25.4 Å². The molecule has 0 spiro atoms. The van der Waals surface area contributed by atoms with Crippen molar-refractivity contribution in [2.45, 2.75) is 12.5 Å². The minimum absolute atomic E-state index is 0.0671. The Hall–Kier alpha value is -1.38. The van der Waals surface area contributed by atoms with E-state index in [-0.39, 0.29) is 5.28 Å².